The van der Waals surface area contributed by atoms with Crippen LogP contribution in [0.3, 0.4) is 0 Å². The molecule has 1 aliphatic heterocycles. The number of sulfonamides is 1. The van der Waals surface area contributed by atoms with Crippen molar-refractivity contribution in [2.45, 2.75) is 25.2 Å². The van der Waals surface area contributed by atoms with Crippen LogP contribution in [0.2, 0.25) is 8.67 Å². The number of nitrogens with one attached hydrogen (secondary N) is 1. The number of halogens is 2. The van der Waals surface area contributed by atoms with E-state index in [1.165, 1.54) is 46.9 Å². The van der Waals surface area contributed by atoms with Gasteiger partial charge in [0.25, 0.3) is 5.91 Å². The number of rotatable bonds is 5. The smallest absolute Gasteiger partial charge is 0.257 e. The number of aromatic nitrogens is 1. The summed E-state index contributed by atoms with van der Waals surface area (Å²) in [5.74, 6) is 0.271. The minimum atomic E-state index is -3.59. The molecular formula is C21H21Cl2N3O3S3. The highest BCUT2D eigenvalue weighted by Crippen LogP contribution is 2.39. The Bertz CT molecular complexity index is 1230. The van der Waals surface area contributed by atoms with E-state index in [4.69, 9.17) is 23.2 Å². The molecule has 0 unspecified atom stereocenters. The van der Waals surface area contributed by atoms with E-state index in [1.54, 1.807) is 15.8 Å². The third-order valence-corrected chi connectivity index (χ3v) is 9.34. The van der Waals surface area contributed by atoms with Crippen LogP contribution in [-0.2, 0) is 10.0 Å². The van der Waals surface area contributed by atoms with Gasteiger partial charge < -0.3 is 0 Å². The Morgan fingerprint density at radius 2 is 1.81 bits per heavy atom. The quantitative estimate of drug-likeness (QED) is 0.433. The molecule has 4 rings (SSSR count). The molecular weight excluding hydrogens is 509 g/mol. The van der Waals surface area contributed by atoms with Crippen molar-refractivity contribution in [3.63, 3.8) is 0 Å². The highest BCUT2D eigenvalue weighted by molar-refractivity contribution is 7.89. The molecule has 2 atom stereocenters. The first-order valence-electron chi connectivity index (χ1n) is 9.95. The number of benzene rings is 1. The van der Waals surface area contributed by atoms with Gasteiger partial charge in [-0.1, -0.05) is 37.0 Å². The lowest BCUT2D eigenvalue weighted by Gasteiger charge is -2.34. The van der Waals surface area contributed by atoms with Crippen molar-refractivity contribution < 1.29 is 13.2 Å². The van der Waals surface area contributed by atoms with Gasteiger partial charge in [0.15, 0.2) is 5.13 Å². The SMILES string of the molecule is C[C@@H]1C[C@@H](C)CN(S(=O)(=O)c2ccc(C(=O)Nc3nc(-c4cc(Cl)sc4Cl)cs3)cc2)C1. The topological polar surface area (TPSA) is 79.4 Å². The van der Waals surface area contributed by atoms with E-state index in [1.807, 2.05) is 0 Å². The summed E-state index contributed by atoms with van der Waals surface area (Å²) in [7, 11) is -3.59. The fraction of sp³-hybridized carbons (Fsp3) is 0.333. The molecule has 1 N–H and O–H groups in total. The summed E-state index contributed by atoms with van der Waals surface area (Å²) in [4.78, 5) is 17.2. The number of anilines is 1. The van der Waals surface area contributed by atoms with Gasteiger partial charge in [0.05, 0.1) is 14.9 Å². The van der Waals surface area contributed by atoms with Gasteiger partial charge in [-0.2, -0.15) is 4.31 Å². The van der Waals surface area contributed by atoms with E-state index < -0.39 is 10.0 Å². The van der Waals surface area contributed by atoms with Crippen LogP contribution >= 0.6 is 45.9 Å². The molecule has 0 saturated carbocycles. The maximum absolute atomic E-state index is 13.0. The molecule has 3 aromatic rings. The van der Waals surface area contributed by atoms with Crippen LogP contribution in [0.5, 0.6) is 0 Å². The summed E-state index contributed by atoms with van der Waals surface area (Å²) in [6.07, 6.45) is 1.02. The lowest BCUT2D eigenvalue weighted by molar-refractivity contribution is 0.102. The maximum Gasteiger partial charge on any atom is 0.257 e. The highest BCUT2D eigenvalue weighted by atomic mass is 35.5. The summed E-state index contributed by atoms with van der Waals surface area (Å²) in [5.41, 5.74) is 1.69. The van der Waals surface area contributed by atoms with Gasteiger partial charge in [0.1, 0.15) is 4.34 Å². The van der Waals surface area contributed by atoms with Crippen LogP contribution in [0.15, 0.2) is 40.6 Å². The number of thiophene rings is 1. The zero-order valence-corrected chi connectivity index (χ0v) is 21.3. The average molecular weight is 531 g/mol. The van der Waals surface area contributed by atoms with E-state index in [2.05, 4.69) is 24.1 Å². The Morgan fingerprint density at radius 3 is 2.41 bits per heavy atom. The molecule has 170 valence electrons. The summed E-state index contributed by atoms with van der Waals surface area (Å²) in [5, 5.41) is 4.94. The number of piperidine rings is 1. The van der Waals surface area contributed by atoms with Gasteiger partial charge in [0, 0.05) is 29.6 Å². The largest absolute Gasteiger partial charge is 0.298 e. The van der Waals surface area contributed by atoms with Gasteiger partial charge in [-0.25, -0.2) is 13.4 Å². The summed E-state index contributed by atoms with van der Waals surface area (Å²) < 4.78 is 28.7. The Hall–Kier alpha value is -1.49. The number of hydrogen-bond acceptors (Lipinski definition) is 6. The zero-order valence-electron chi connectivity index (χ0n) is 17.3. The molecule has 1 fully saturated rings. The zero-order chi connectivity index (χ0) is 23.0. The minimum Gasteiger partial charge on any atom is -0.298 e. The minimum absolute atomic E-state index is 0.191. The Balaban J connectivity index is 1.46. The van der Waals surface area contributed by atoms with Crippen LogP contribution < -0.4 is 5.32 Å². The van der Waals surface area contributed by atoms with Crippen LogP contribution in [0.25, 0.3) is 11.3 Å². The molecule has 11 heteroatoms. The molecule has 0 bridgehead atoms. The Kier molecular flexibility index (Phi) is 6.95. The Morgan fingerprint density at radius 1 is 1.16 bits per heavy atom. The van der Waals surface area contributed by atoms with Crippen LogP contribution in [0.1, 0.15) is 30.6 Å². The van der Waals surface area contributed by atoms with Crippen molar-refractivity contribution in [3.05, 3.63) is 49.9 Å². The lowest BCUT2D eigenvalue weighted by atomic mass is 9.94. The van der Waals surface area contributed by atoms with E-state index in [0.717, 1.165) is 6.42 Å². The first-order valence-corrected chi connectivity index (χ1v) is 13.8. The molecule has 32 heavy (non-hydrogen) atoms. The molecule has 1 saturated heterocycles. The van der Waals surface area contributed by atoms with Crippen molar-refractivity contribution in [2.24, 2.45) is 11.8 Å². The second-order valence-electron chi connectivity index (χ2n) is 8.02. The Labute approximate surface area is 205 Å². The maximum atomic E-state index is 13.0. The number of carbonyl (C=O) groups is 1. The van der Waals surface area contributed by atoms with Crippen molar-refractivity contribution in [1.82, 2.24) is 9.29 Å². The van der Waals surface area contributed by atoms with E-state index in [-0.39, 0.29) is 10.8 Å². The summed E-state index contributed by atoms with van der Waals surface area (Å²) in [6.45, 7) is 5.16. The monoisotopic (exact) mass is 529 g/mol. The third-order valence-electron chi connectivity index (χ3n) is 5.25. The number of amides is 1. The number of nitrogens with zero attached hydrogens (tertiary/aromatic N) is 2. The van der Waals surface area contributed by atoms with E-state index >= 15 is 0 Å². The predicted octanol–water partition coefficient (Wildman–Crippen LogP) is 6.10. The molecule has 6 nitrogen and oxygen atoms in total. The molecule has 2 aromatic heterocycles. The number of hydrogen-bond donors (Lipinski definition) is 1. The van der Waals surface area contributed by atoms with Crippen molar-refractivity contribution >= 4 is 66.9 Å². The van der Waals surface area contributed by atoms with Gasteiger partial charge in [0.2, 0.25) is 10.0 Å². The van der Waals surface area contributed by atoms with Crippen molar-refractivity contribution in [2.75, 3.05) is 18.4 Å². The van der Waals surface area contributed by atoms with E-state index in [9.17, 15) is 13.2 Å². The normalized spacial score (nSPS) is 19.8. The highest BCUT2D eigenvalue weighted by Gasteiger charge is 2.31. The molecule has 1 aliphatic rings. The average Bonchev–Trinajstić information content (AvgIpc) is 3.32. The fourth-order valence-corrected chi connectivity index (χ4v) is 7.73. The second-order valence-corrected chi connectivity index (χ2v) is 13.1. The molecule has 3 heterocycles. The predicted molar refractivity (Wildman–Crippen MR) is 132 cm³/mol. The van der Waals surface area contributed by atoms with Crippen LogP contribution in [-0.4, -0.2) is 36.7 Å². The molecule has 1 aromatic carbocycles. The third kappa shape index (κ3) is 5.03. The van der Waals surface area contributed by atoms with Crippen LogP contribution in [0, 0.1) is 11.8 Å². The molecule has 0 spiro atoms. The van der Waals surface area contributed by atoms with Crippen LogP contribution in [0.4, 0.5) is 5.13 Å². The van der Waals surface area contributed by atoms with E-state index in [0.29, 0.717) is 55.6 Å². The lowest BCUT2D eigenvalue weighted by Crippen LogP contribution is -2.42. The first-order chi connectivity index (χ1) is 15.1. The number of carbonyl (C=O) groups excluding carboxylic acids is 1. The molecule has 0 radical (unpaired) electrons. The second kappa shape index (κ2) is 9.40. The fourth-order valence-electron chi connectivity index (χ4n) is 3.87. The van der Waals surface area contributed by atoms with Gasteiger partial charge >= 0.3 is 0 Å². The molecule has 1 amide bonds. The number of thiazole rings is 1. The first kappa shape index (κ1) is 23.7. The molecule has 0 aliphatic carbocycles. The van der Waals surface area contributed by atoms with Gasteiger partial charge in [-0.15, -0.1) is 22.7 Å². The van der Waals surface area contributed by atoms with Crippen molar-refractivity contribution in [1.29, 1.82) is 0 Å². The summed E-state index contributed by atoms with van der Waals surface area (Å²) in [6, 6.07) is 7.73. The van der Waals surface area contributed by atoms with Gasteiger partial charge in [-0.05, 0) is 48.6 Å². The van der Waals surface area contributed by atoms with Crippen molar-refractivity contribution in [3.8, 4) is 11.3 Å². The standard InChI is InChI=1S/C21H21Cl2N3O3S3/c1-12-7-13(2)10-26(9-12)32(28,29)15-5-3-14(4-6-15)20(27)25-21-24-17(11-30-21)16-8-18(22)31-19(16)23/h3-6,8,11-13H,7,9-10H2,1-2H3,(H,24,25,27)/t12-,13-/m1/s1. The summed E-state index contributed by atoms with van der Waals surface area (Å²) >= 11 is 14.7. The van der Waals surface area contributed by atoms with Gasteiger partial charge in [-0.3, -0.25) is 10.1 Å².